The minimum absolute atomic E-state index is 0. The standard InChI is InChI=1S/C21H32N4O2S.HI/c1-24(12-8-20-6-3-18-28-20)21(23-10-7-19-5-2-15-27-19)22-9-4-11-25-13-16-26-17-14-25;/h2-3,5-6,15,18H,4,7-14,16-17H2,1H3,(H,22,23);1H. The SMILES string of the molecule is CN(CCc1cccs1)C(=NCCCN1CCOCC1)NCCc1ccco1.I. The van der Waals surface area contributed by atoms with Crippen molar-refractivity contribution in [3.05, 3.63) is 46.5 Å². The van der Waals surface area contributed by atoms with Gasteiger partial charge in [0.05, 0.1) is 19.5 Å². The summed E-state index contributed by atoms with van der Waals surface area (Å²) in [6, 6.07) is 8.26. The second-order valence-corrected chi connectivity index (χ2v) is 8.05. The number of furan rings is 1. The molecule has 8 heteroatoms. The summed E-state index contributed by atoms with van der Waals surface area (Å²) in [7, 11) is 2.12. The van der Waals surface area contributed by atoms with E-state index in [0.717, 1.165) is 83.5 Å². The zero-order valence-corrected chi connectivity index (χ0v) is 20.4. The van der Waals surface area contributed by atoms with Crippen LogP contribution in [-0.2, 0) is 17.6 Å². The molecule has 0 unspecified atom stereocenters. The Hall–Kier alpha value is -1.10. The molecule has 6 nitrogen and oxygen atoms in total. The second kappa shape index (κ2) is 14.0. The Morgan fingerprint density at radius 2 is 2.10 bits per heavy atom. The van der Waals surface area contributed by atoms with E-state index in [9.17, 15) is 0 Å². The van der Waals surface area contributed by atoms with Gasteiger partial charge in [-0.25, -0.2) is 0 Å². The molecule has 0 radical (unpaired) electrons. The van der Waals surface area contributed by atoms with Crippen LogP contribution in [0.25, 0.3) is 0 Å². The Kier molecular flexibility index (Phi) is 11.7. The molecular weight excluding hydrogens is 499 g/mol. The molecule has 1 fully saturated rings. The van der Waals surface area contributed by atoms with Crippen LogP contribution in [0.3, 0.4) is 0 Å². The molecule has 0 aromatic carbocycles. The Morgan fingerprint density at radius 3 is 2.83 bits per heavy atom. The highest BCUT2D eigenvalue weighted by atomic mass is 127. The summed E-state index contributed by atoms with van der Waals surface area (Å²) in [5.74, 6) is 1.98. The maximum Gasteiger partial charge on any atom is 0.193 e. The van der Waals surface area contributed by atoms with Gasteiger partial charge in [-0.15, -0.1) is 35.3 Å². The molecule has 1 N–H and O–H groups in total. The van der Waals surface area contributed by atoms with E-state index in [-0.39, 0.29) is 24.0 Å². The Balaban J connectivity index is 0.00000300. The highest BCUT2D eigenvalue weighted by molar-refractivity contribution is 14.0. The number of likely N-dealkylation sites (N-methyl/N-ethyl adjacent to an activating group) is 1. The third kappa shape index (κ3) is 9.06. The van der Waals surface area contributed by atoms with E-state index in [0.29, 0.717) is 0 Å². The number of hydrogen-bond acceptors (Lipinski definition) is 5. The Morgan fingerprint density at radius 1 is 1.24 bits per heavy atom. The summed E-state index contributed by atoms with van der Waals surface area (Å²) in [6.45, 7) is 7.49. The number of aliphatic imine (C=N–C) groups is 1. The molecule has 0 atom stereocenters. The van der Waals surface area contributed by atoms with E-state index in [4.69, 9.17) is 14.1 Å². The molecule has 3 rings (SSSR count). The molecule has 0 amide bonds. The van der Waals surface area contributed by atoms with Crippen LogP contribution < -0.4 is 5.32 Å². The van der Waals surface area contributed by atoms with Crippen molar-refractivity contribution in [2.45, 2.75) is 19.3 Å². The van der Waals surface area contributed by atoms with Crippen molar-refractivity contribution < 1.29 is 9.15 Å². The van der Waals surface area contributed by atoms with Crippen LogP contribution in [-0.4, -0.2) is 75.3 Å². The number of rotatable bonds is 10. The molecule has 2 aromatic rings. The lowest BCUT2D eigenvalue weighted by atomic mass is 10.3. The Labute approximate surface area is 195 Å². The zero-order chi connectivity index (χ0) is 19.4. The first-order chi connectivity index (χ1) is 13.8. The van der Waals surface area contributed by atoms with Crippen LogP contribution in [0.1, 0.15) is 17.1 Å². The van der Waals surface area contributed by atoms with E-state index in [1.165, 1.54) is 4.88 Å². The zero-order valence-electron chi connectivity index (χ0n) is 17.2. The average molecular weight is 532 g/mol. The van der Waals surface area contributed by atoms with Gasteiger partial charge in [-0.3, -0.25) is 9.89 Å². The van der Waals surface area contributed by atoms with Crippen LogP contribution in [0.15, 0.2) is 45.3 Å². The quantitative estimate of drug-likeness (QED) is 0.220. The molecule has 3 heterocycles. The average Bonchev–Trinajstić information content (AvgIpc) is 3.43. The van der Waals surface area contributed by atoms with Crippen molar-refractivity contribution >= 4 is 41.3 Å². The molecule has 0 aliphatic carbocycles. The van der Waals surface area contributed by atoms with Gasteiger partial charge in [-0.05, 0) is 36.4 Å². The maximum atomic E-state index is 5.43. The normalized spacial score (nSPS) is 15.1. The fraction of sp³-hybridized carbons (Fsp3) is 0.571. The minimum Gasteiger partial charge on any atom is -0.469 e. The molecular formula is C21H33IN4O2S. The first kappa shape index (κ1) is 24.2. The number of halogens is 1. The number of ether oxygens (including phenoxy) is 1. The second-order valence-electron chi connectivity index (χ2n) is 7.02. The molecule has 1 saturated heterocycles. The number of nitrogens with zero attached hydrogens (tertiary/aromatic N) is 3. The highest BCUT2D eigenvalue weighted by Gasteiger charge is 2.10. The number of nitrogens with one attached hydrogen (secondary N) is 1. The fourth-order valence-corrected chi connectivity index (χ4v) is 3.90. The number of hydrogen-bond donors (Lipinski definition) is 1. The van der Waals surface area contributed by atoms with Crippen LogP contribution in [0, 0.1) is 0 Å². The van der Waals surface area contributed by atoms with Gasteiger partial charge in [0, 0.05) is 57.6 Å². The topological polar surface area (TPSA) is 53.2 Å². The van der Waals surface area contributed by atoms with Crippen LogP contribution in [0.4, 0.5) is 0 Å². The fourth-order valence-electron chi connectivity index (χ4n) is 3.21. The van der Waals surface area contributed by atoms with E-state index < -0.39 is 0 Å². The van der Waals surface area contributed by atoms with Gasteiger partial charge in [-0.2, -0.15) is 0 Å². The highest BCUT2D eigenvalue weighted by Crippen LogP contribution is 2.09. The monoisotopic (exact) mass is 532 g/mol. The van der Waals surface area contributed by atoms with E-state index in [1.807, 2.05) is 23.5 Å². The van der Waals surface area contributed by atoms with Crippen molar-refractivity contribution in [2.24, 2.45) is 4.99 Å². The summed E-state index contributed by atoms with van der Waals surface area (Å²) in [6.07, 6.45) is 4.70. The van der Waals surface area contributed by atoms with Crippen molar-refractivity contribution in [2.75, 3.05) is 59.5 Å². The lowest BCUT2D eigenvalue weighted by Crippen LogP contribution is -2.41. The van der Waals surface area contributed by atoms with Crippen LogP contribution in [0.2, 0.25) is 0 Å². The van der Waals surface area contributed by atoms with Gasteiger partial charge < -0.3 is 19.4 Å². The van der Waals surface area contributed by atoms with Gasteiger partial charge in [0.15, 0.2) is 5.96 Å². The number of guanidine groups is 1. The molecule has 0 spiro atoms. The lowest BCUT2D eigenvalue weighted by molar-refractivity contribution is 0.0377. The molecule has 162 valence electrons. The molecule has 0 saturated carbocycles. The van der Waals surface area contributed by atoms with Crippen molar-refractivity contribution in [3.8, 4) is 0 Å². The molecule has 2 aromatic heterocycles. The van der Waals surface area contributed by atoms with E-state index >= 15 is 0 Å². The molecule has 0 bridgehead atoms. The van der Waals surface area contributed by atoms with Crippen molar-refractivity contribution in [1.29, 1.82) is 0 Å². The number of thiophene rings is 1. The van der Waals surface area contributed by atoms with Crippen LogP contribution in [0.5, 0.6) is 0 Å². The first-order valence-electron chi connectivity index (χ1n) is 10.2. The van der Waals surface area contributed by atoms with Crippen LogP contribution >= 0.6 is 35.3 Å². The van der Waals surface area contributed by atoms with Gasteiger partial charge in [0.1, 0.15) is 5.76 Å². The molecule has 1 aliphatic rings. The third-order valence-corrected chi connectivity index (χ3v) is 5.80. The minimum atomic E-state index is 0. The Bertz CT molecular complexity index is 673. The van der Waals surface area contributed by atoms with Gasteiger partial charge in [-0.1, -0.05) is 6.07 Å². The summed E-state index contributed by atoms with van der Waals surface area (Å²) in [4.78, 5) is 11.0. The predicted molar refractivity (Wildman–Crippen MR) is 131 cm³/mol. The predicted octanol–water partition coefficient (Wildman–Crippen LogP) is 3.34. The van der Waals surface area contributed by atoms with Gasteiger partial charge in [0.2, 0.25) is 0 Å². The third-order valence-electron chi connectivity index (χ3n) is 4.87. The summed E-state index contributed by atoms with van der Waals surface area (Å²) < 4.78 is 10.8. The van der Waals surface area contributed by atoms with Gasteiger partial charge >= 0.3 is 0 Å². The summed E-state index contributed by atoms with van der Waals surface area (Å²) >= 11 is 1.81. The summed E-state index contributed by atoms with van der Waals surface area (Å²) in [5.41, 5.74) is 0. The smallest absolute Gasteiger partial charge is 0.193 e. The largest absolute Gasteiger partial charge is 0.469 e. The van der Waals surface area contributed by atoms with Gasteiger partial charge in [0.25, 0.3) is 0 Å². The maximum absolute atomic E-state index is 5.43. The molecule has 1 aliphatic heterocycles. The number of morpholine rings is 1. The first-order valence-corrected chi connectivity index (χ1v) is 11.0. The van der Waals surface area contributed by atoms with Crippen molar-refractivity contribution in [3.63, 3.8) is 0 Å². The summed E-state index contributed by atoms with van der Waals surface area (Å²) in [5, 5.41) is 5.65. The molecule has 29 heavy (non-hydrogen) atoms. The van der Waals surface area contributed by atoms with Crippen molar-refractivity contribution in [1.82, 2.24) is 15.1 Å². The van der Waals surface area contributed by atoms with E-state index in [2.05, 4.69) is 39.7 Å². The van der Waals surface area contributed by atoms with E-state index in [1.54, 1.807) is 6.26 Å². The lowest BCUT2D eigenvalue weighted by Gasteiger charge is -2.26.